The van der Waals surface area contributed by atoms with Crippen LogP contribution in [0.4, 0.5) is 4.79 Å². The molecule has 0 bridgehead atoms. The van der Waals surface area contributed by atoms with Crippen LogP contribution in [-0.2, 0) is 10.0 Å². The smallest absolute Gasteiger partial charge is 0.331 e. The third kappa shape index (κ3) is 4.70. The van der Waals surface area contributed by atoms with E-state index in [1.54, 1.807) is 19.1 Å². The highest BCUT2D eigenvalue weighted by atomic mass is 35.5. The number of carbonyl (C=O) groups is 1. The van der Waals surface area contributed by atoms with Crippen molar-refractivity contribution in [2.45, 2.75) is 16.7 Å². The van der Waals surface area contributed by atoms with Crippen molar-refractivity contribution in [3.63, 3.8) is 0 Å². The number of carbonyl (C=O) groups excluding carboxylic acids is 1. The normalized spacial score (nSPS) is 14.7. The van der Waals surface area contributed by atoms with Crippen LogP contribution in [0.5, 0.6) is 0 Å². The minimum absolute atomic E-state index is 0. The van der Waals surface area contributed by atoms with Gasteiger partial charge < -0.3 is 10.2 Å². The van der Waals surface area contributed by atoms with Crippen molar-refractivity contribution in [2.75, 3.05) is 39.5 Å². The Kier molecular flexibility index (Phi) is 7.68. The third-order valence-corrected chi connectivity index (χ3v) is 6.80. The van der Waals surface area contributed by atoms with Gasteiger partial charge in [0.1, 0.15) is 4.90 Å². The van der Waals surface area contributed by atoms with Crippen molar-refractivity contribution in [1.82, 2.24) is 14.5 Å². The number of aryl methyl sites for hydroxylation is 1. The van der Waals surface area contributed by atoms with Gasteiger partial charge in [-0.2, -0.15) is 0 Å². The second-order valence-electron chi connectivity index (χ2n) is 5.51. The largest absolute Gasteiger partial charge is 0.335 e. The van der Waals surface area contributed by atoms with Gasteiger partial charge in [0.15, 0.2) is 0 Å². The molecule has 1 aromatic rings. The summed E-state index contributed by atoms with van der Waals surface area (Å²) in [7, 11) is 0.0263. The molecule has 1 N–H and O–H groups in total. The van der Waals surface area contributed by atoms with Crippen molar-refractivity contribution in [1.29, 1.82) is 0 Å². The maximum absolute atomic E-state index is 12.8. The monoisotopic (exact) mass is 413 g/mol. The average Bonchev–Trinajstić information content (AvgIpc) is 2.89. The van der Waals surface area contributed by atoms with Crippen molar-refractivity contribution in [3.8, 4) is 0 Å². The summed E-state index contributed by atoms with van der Waals surface area (Å²) in [6.45, 7) is 3.03. The lowest BCUT2D eigenvalue weighted by Crippen LogP contribution is -2.34. The quantitative estimate of drug-likeness (QED) is 0.725. The van der Waals surface area contributed by atoms with Gasteiger partial charge in [-0.15, -0.1) is 24.2 Å². The first-order chi connectivity index (χ1) is 10.7. The number of halogens is 2. The van der Waals surface area contributed by atoms with Gasteiger partial charge in [-0.1, -0.05) is 11.6 Å². The van der Waals surface area contributed by atoms with Gasteiger partial charge >= 0.3 is 6.03 Å². The van der Waals surface area contributed by atoms with E-state index in [1.165, 1.54) is 11.8 Å². The van der Waals surface area contributed by atoms with E-state index in [0.29, 0.717) is 22.0 Å². The zero-order valence-electron chi connectivity index (χ0n) is 13.7. The first-order valence-corrected chi connectivity index (χ1v) is 9.92. The summed E-state index contributed by atoms with van der Waals surface area (Å²) in [5.74, 6) is 0.723. The van der Waals surface area contributed by atoms with Crippen LogP contribution in [-0.4, -0.2) is 63.1 Å². The number of nitrogens with zero attached hydrogens (tertiary/aromatic N) is 2. The lowest BCUT2D eigenvalue weighted by molar-refractivity contribution is 0.235. The summed E-state index contributed by atoms with van der Waals surface area (Å²) < 4.78 is 26.5. The van der Waals surface area contributed by atoms with Crippen LogP contribution < -0.4 is 5.32 Å². The van der Waals surface area contributed by atoms with Crippen LogP contribution >= 0.6 is 35.8 Å². The van der Waals surface area contributed by atoms with E-state index in [2.05, 4.69) is 5.32 Å². The topological polar surface area (TPSA) is 69.7 Å². The minimum Gasteiger partial charge on any atom is -0.335 e. The SMILES string of the molecule is Cc1cc(S(=O)(=O)N2CCNC2=O)c(SCCN(C)C)cc1Cl.Cl. The third-order valence-electron chi connectivity index (χ3n) is 3.41. The van der Waals surface area contributed by atoms with E-state index in [4.69, 9.17) is 11.6 Å². The summed E-state index contributed by atoms with van der Waals surface area (Å²) in [5.41, 5.74) is 0.668. The molecule has 2 rings (SSSR count). The summed E-state index contributed by atoms with van der Waals surface area (Å²) >= 11 is 7.58. The number of nitrogens with one attached hydrogen (secondary N) is 1. The van der Waals surface area contributed by atoms with Crippen molar-refractivity contribution >= 4 is 51.8 Å². The van der Waals surface area contributed by atoms with Gasteiger partial charge in [-0.3, -0.25) is 0 Å². The van der Waals surface area contributed by atoms with E-state index in [-0.39, 0.29) is 23.8 Å². The molecule has 1 aromatic carbocycles. The van der Waals surface area contributed by atoms with Crippen molar-refractivity contribution in [2.24, 2.45) is 0 Å². The van der Waals surface area contributed by atoms with E-state index in [0.717, 1.165) is 16.6 Å². The van der Waals surface area contributed by atoms with Gasteiger partial charge in [0.25, 0.3) is 10.0 Å². The Balaban J connectivity index is 0.00000288. The van der Waals surface area contributed by atoms with Gasteiger partial charge in [0.2, 0.25) is 0 Å². The molecule has 1 heterocycles. The standard InChI is InChI=1S/C14H20ClN3O3S2.ClH/c1-10-8-13(23(20,21)18-5-4-16-14(18)19)12(9-11(10)15)22-7-6-17(2)3;/h8-9H,4-7H2,1-3H3,(H,16,19);1H. The molecule has 0 saturated carbocycles. The Morgan fingerprint density at radius 2 is 2.04 bits per heavy atom. The number of benzene rings is 1. The van der Waals surface area contributed by atoms with Crippen molar-refractivity contribution < 1.29 is 13.2 Å². The molecule has 1 aliphatic heterocycles. The van der Waals surface area contributed by atoms with Gasteiger partial charge in [-0.25, -0.2) is 17.5 Å². The molecule has 24 heavy (non-hydrogen) atoms. The highest BCUT2D eigenvalue weighted by molar-refractivity contribution is 8.00. The Bertz CT molecular complexity index is 711. The second kappa shape index (κ2) is 8.62. The second-order valence-corrected chi connectivity index (χ2v) is 8.88. The molecule has 6 nitrogen and oxygen atoms in total. The molecule has 2 amide bonds. The van der Waals surface area contributed by atoms with Crippen LogP contribution in [0.2, 0.25) is 5.02 Å². The predicted molar refractivity (Wildman–Crippen MR) is 100 cm³/mol. The molecule has 1 saturated heterocycles. The van der Waals surface area contributed by atoms with Gasteiger partial charge in [-0.05, 0) is 38.7 Å². The number of thioether (sulfide) groups is 1. The summed E-state index contributed by atoms with van der Waals surface area (Å²) in [5, 5.41) is 3.03. The summed E-state index contributed by atoms with van der Waals surface area (Å²) in [6.07, 6.45) is 0. The highest BCUT2D eigenvalue weighted by Gasteiger charge is 2.34. The fourth-order valence-electron chi connectivity index (χ4n) is 2.09. The van der Waals surface area contributed by atoms with Crippen LogP contribution in [0, 0.1) is 6.92 Å². The molecule has 0 radical (unpaired) electrons. The van der Waals surface area contributed by atoms with E-state index in [9.17, 15) is 13.2 Å². The lowest BCUT2D eigenvalue weighted by atomic mass is 10.2. The molecule has 0 unspecified atom stereocenters. The molecule has 136 valence electrons. The Labute approximate surface area is 158 Å². The molecule has 0 aliphatic carbocycles. The summed E-state index contributed by atoms with van der Waals surface area (Å²) in [6, 6.07) is 2.63. The number of hydrogen-bond donors (Lipinski definition) is 1. The number of hydrogen-bond acceptors (Lipinski definition) is 5. The minimum atomic E-state index is -3.88. The van der Waals surface area contributed by atoms with Crippen LogP contribution in [0.25, 0.3) is 0 Å². The first kappa shape index (κ1) is 21.4. The number of amides is 2. The molecule has 1 aliphatic rings. The van der Waals surface area contributed by atoms with Crippen LogP contribution in [0.3, 0.4) is 0 Å². The predicted octanol–water partition coefficient (Wildman–Crippen LogP) is 2.44. The van der Waals surface area contributed by atoms with Gasteiger partial charge in [0.05, 0.1) is 6.54 Å². The van der Waals surface area contributed by atoms with Gasteiger partial charge in [0, 0.05) is 28.8 Å². The molecule has 10 heteroatoms. The Hall–Kier alpha value is -0.670. The molecular formula is C14H21Cl2N3O3S2. The average molecular weight is 414 g/mol. The molecular weight excluding hydrogens is 393 g/mol. The fraction of sp³-hybridized carbons (Fsp3) is 0.500. The van der Waals surface area contributed by atoms with E-state index < -0.39 is 16.1 Å². The maximum Gasteiger partial charge on any atom is 0.331 e. The fourth-order valence-corrected chi connectivity index (χ4v) is 5.38. The molecule has 0 atom stereocenters. The van der Waals surface area contributed by atoms with Crippen LogP contribution in [0.1, 0.15) is 5.56 Å². The first-order valence-electron chi connectivity index (χ1n) is 7.11. The zero-order valence-corrected chi connectivity index (χ0v) is 16.9. The summed E-state index contributed by atoms with van der Waals surface area (Å²) in [4.78, 5) is 14.5. The van der Waals surface area contributed by atoms with Crippen LogP contribution in [0.15, 0.2) is 21.9 Å². The van der Waals surface area contributed by atoms with Crippen molar-refractivity contribution in [3.05, 3.63) is 22.7 Å². The van der Waals surface area contributed by atoms with E-state index >= 15 is 0 Å². The lowest BCUT2D eigenvalue weighted by Gasteiger charge is -2.19. The zero-order chi connectivity index (χ0) is 17.2. The Morgan fingerprint density at radius 3 is 2.58 bits per heavy atom. The number of sulfonamides is 1. The molecule has 0 spiro atoms. The number of urea groups is 1. The van der Waals surface area contributed by atoms with E-state index in [1.807, 2.05) is 19.0 Å². The Morgan fingerprint density at radius 1 is 1.38 bits per heavy atom. The molecule has 1 fully saturated rings. The highest BCUT2D eigenvalue weighted by Crippen LogP contribution is 2.33. The number of rotatable bonds is 6. The molecule has 0 aromatic heterocycles. The maximum atomic E-state index is 12.8.